The van der Waals surface area contributed by atoms with Gasteiger partial charge in [-0.1, -0.05) is 145 Å². The van der Waals surface area contributed by atoms with Gasteiger partial charge in [-0.05, 0) is 182 Å². The van der Waals surface area contributed by atoms with E-state index in [1.807, 2.05) is 0 Å². The number of nitrogens with zero attached hydrogens (tertiary/aromatic N) is 16. The largest absolute Gasteiger partial charge is 0.351 e. The Labute approximate surface area is 827 Å². The Morgan fingerprint density at radius 1 is 0.279 bits per heavy atom. The second-order valence-corrected chi connectivity index (χ2v) is 36.1. The number of benzene rings is 10. The molecule has 6 amide bonds. The Kier molecular flexibility index (Phi) is 31.2. The molecule has 0 spiro atoms. The monoisotopic (exact) mass is 2070 g/mol. The molecule has 0 saturated heterocycles. The molecule has 10 aromatic carbocycles. The van der Waals surface area contributed by atoms with E-state index in [-0.39, 0.29) is 54.1 Å². The molecule has 0 atom stereocenters. The van der Waals surface area contributed by atoms with Crippen molar-refractivity contribution in [1.29, 1.82) is 0 Å². The molecule has 10 aromatic heterocycles. The van der Waals surface area contributed by atoms with Crippen LogP contribution in [0.1, 0.15) is 52.4 Å². The van der Waals surface area contributed by atoms with Gasteiger partial charge in [-0.3, -0.25) is 79.3 Å². The molecule has 0 aliphatic rings. The number of nitrogens with one attached hydrogen (secondary N) is 5. The van der Waals surface area contributed by atoms with Crippen LogP contribution in [-0.4, -0.2) is 129 Å². The zero-order chi connectivity index (χ0) is 99.1. The summed E-state index contributed by atoms with van der Waals surface area (Å²) in [7, 11) is 3.38. The molecule has 700 valence electrons. The number of hydrogen-bond acceptors (Lipinski definition) is 26. The van der Waals surface area contributed by atoms with Crippen LogP contribution < -0.4 is 53.7 Å². The summed E-state index contributed by atoms with van der Waals surface area (Å²) in [6.45, 7) is 0. The molecule has 47 heteroatoms. The van der Waals surface area contributed by atoms with Gasteiger partial charge < -0.3 is 4.90 Å². The molecule has 20 aromatic rings. The number of halogens is 10. The van der Waals surface area contributed by atoms with E-state index in [9.17, 15) is 74.7 Å². The molecule has 0 saturated carbocycles. The summed E-state index contributed by atoms with van der Waals surface area (Å²) < 4.78 is 76.3. The summed E-state index contributed by atoms with van der Waals surface area (Å²) >= 11 is 35.4. The summed E-state index contributed by atoms with van der Waals surface area (Å²) in [5.74, 6) is -5.44. The van der Waals surface area contributed by atoms with Gasteiger partial charge in [0.1, 0.15) is 29.1 Å². The van der Waals surface area contributed by atoms with Crippen LogP contribution in [0, 0.1) is 29.1 Å². The third-order valence-electron chi connectivity index (χ3n) is 18.5. The molecular formula is C93H57Cl5F5N21O11S5. The van der Waals surface area contributed by atoms with Crippen molar-refractivity contribution in [1.82, 2.24) is 78.7 Å². The third kappa shape index (κ3) is 25.2. The number of anilines is 5. The maximum Gasteiger partial charge on any atom is 0.281 e. The highest BCUT2D eigenvalue weighted by molar-refractivity contribution is 7.23. The minimum absolute atomic E-state index is 0.250. The Bertz CT molecular complexity index is 7440. The van der Waals surface area contributed by atoms with E-state index >= 15 is 0 Å². The Morgan fingerprint density at radius 2 is 0.450 bits per heavy atom. The predicted octanol–water partition coefficient (Wildman–Crippen LogP) is 19.1. The summed E-state index contributed by atoms with van der Waals surface area (Å²) in [6.07, 6.45) is 8.00. The number of carbonyl (C=O) groups excluding carboxylic acids is 6. The van der Waals surface area contributed by atoms with Crippen LogP contribution >= 0.6 is 115 Å². The van der Waals surface area contributed by atoms with Gasteiger partial charge in [0, 0.05) is 101 Å². The average Bonchev–Trinajstić information content (AvgIpc) is 1.57. The Hall–Kier alpha value is -16.0. The van der Waals surface area contributed by atoms with Crippen molar-refractivity contribution in [2.24, 2.45) is 0 Å². The van der Waals surface area contributed by atoms with E-state index in [1.54, 1.807) is 135 Å². The van der Waals surface area contributed by atoms with Crippen LogP contribution in [0.3, 0.4) is 0 Å². The summed E-state index contributed by atoms with van der Waals surface area (Å²) in [4.78, 5) is 155. The van der Waals surface area contributed by atoms with Crippen LogP contribution in [0.2, 0.25) is 25.1 Å². The molecule has 10 heterocycles. The van der Waals surface area contributed by atoms with Crippen LogP contribution in [0.5, 0.6) is 0 Å². The summed E-state index contributed by atoms with van der Waals surface area (Å²) in [6, 6.07) is 61.1. The predicted molar refractivity (Wildman–Crippen MR) is 532 cm³/mol. The summed E-state index contributed by atoms with van der Waals surface area (Å²) in [5.41, 5.74) is 1.68. The van der Waals surface area contributed by atoms with Crippen LogP contribution in [0.25, 0.3) is 79.5 Å². The number of amides is 6. The lowest BCUT2D eigenvalue weighted by Gasteiger charge is -2.07. The first-order valence-corrected chi connectivity index (χ1v) is 46.0. The highest BCUT2D eigenvalue weighted by Crippen LogP contribution is 2.33. The lowest BCUT2D eigenvalue weighted by atomic mass is 10.3. The molecular weight excluding hydrogens is 2020 g/mol. The number of thiazole rings is 5. The van der Waals surface area contributed by atoms with Crippen molar-refractivity contribution in [3.05, 3.63) is 407 Å². The van der Waals surface area contributed by atoms with Crippen LogP contribution in [0.4, 0.5) is 47.6 Å². The number of aromatic nitrogens is 15. The SMILES string of the molecule is CN(C)C=O.O=C(Nc1nc2ccc(F)cc2s1)c1nn(-c2cccc(Cl)c2)ccc1=O.O=C(Nc1nc2ccc(F)cc2s1)c1nn(-c2cccc(Cl)c2)ccc1=O.O=C(Nc1nc2ccc(F)cc2s1)c1nn(-c2cccc(Cl)c2)ccc1=O.O=C(Nc1nc2ccc(F)cc2s1)c1nn(-c2cccc(Cl)c2)ccc1=O.O=C(Nc1nc2ccc(F)cc2s1)c1nn(-c2cccc(Cl)c2)ccc1=O. The van der Waals surface area contributed by atoms with Crippen LogP contribution in [-0.2, 0) is 4.79 Å². The van der Waals surface area contributed by atoms with Crippen molar-refractivity contribution in [3.63, 3.8) is 0 Å². The highest BCUT2D eigenvalue weighted by Gasteiger charge is 2.24. The maximum atomic E-state index is 13.3. The molecule has 0 unspecified atom stereocenters. The summed E-state index contributed by atoms with van der Waals surface area (Å²) in [5, 5.41) is 37.0. The second kappa shape index (κ2) is 44.4. The van der Waals surface area contributed by atoms with Gasteiger partial charge >= 0.3 is 0 Å². The molecule has 20 rings (SSSR count). The first kappa shape index (κ1) is 98.5. The van der Waals surface area contributed by atoms with E-state index in [0.29, 0.717) is 105 Å². The Morgan fingerprint density at radius 3 is 0.607 bits per heavy atom. The normalized spacial score (nSPS) is 10.7. The van der Waals surface area contributed by atoms with Crippen LogP contribution in [0.15, 0.2) is 298 Å². The topological polar surface area (TPSA) is 405 Å². The molecule has 0 aliphatic heterocycles. The lowest BCUT2D eigenvalue weighted by Crippen LogP contribution is -2.25. The van der Waals surface area contributed by atoms with E-state index < -0.39 is 85.8 Å². The zero-order valence-electron chi connectivity index (χ0n) is 71.0. The fourth-order valence-corrected chi connectivity index (χ4v) is 17.5. The van der Waals surface area contributed by atoms with E-state index in [4.69, 9.17) is 58.0 Å². The van der Waals surface area contributed by atoms with Crippen molar-refractivity contribution in [2.45, 2.75) is 0 Å². The smallest absolute Gasteiger partial charge is 0.281 e. The molecule has 0 fully saturated rings. The van der Waals surface area contributed by atoms with E-state index in [1.165, 1.54) is 181 Å². The van der Waals surface area contributed by atoms with Gasteiger partial charge in [-0.15, -0.1) is 0 Å². The van der Waals surface area contributed by atoms with Crippen molar-refractivity contribution < 1.29 is 50.7 Å². The van der Waals surface area contributed by atoms with E-state index in [0.717, 1.165) is 63.1 Å². The minimum atomic E-state index is -0.698. The number of fused-ring (bicyclic) bond motifs is 5. The standard InChI is InChI=1S/5C18H10ClFN4O2S.C3H7NO/c5*19-10-2-1-3-12(8-10)24-7-6-14(25)16(23-24)17(26)22-18-21-13-5-4-11(20)9-15(13)27-18;1-4(2)3-5/h5*1-9H,(H,21,22,26);3H,1-2H3. The highest BCUT2D eigenvalue weighted by atomic mass is 35.5. The minimum Gasteiger partial charge on any atom is -0.351 e. The average molecular weight is 2080 g/mol. The fraction of sp³-hybridized carbons (Fsp3) is 0.0215. The van der Waals surface area contributed by atoms with Gasteiger partial charge in [-0.2, -0.15) is 25.5 Å². The quantitative estimate of drug-likeness (QED) is 0.0443. The van der Waals surface area contributed by atoms with E-state index in [2.05, 4.69) is 77.0 Å². The van der Waals surface area contributed by atoms with Crippen molar-refractivity contribution >= 4 is 227 Å². The number of carbonyl (C=O) groups is 6. The number of hydrogen-bond donors (Lipinski definition) is 5. The molecule has 5 N–H and O–H groups in total. The first-order valence-electron chi connectivity index (χ1n) is 40.0. The maximum absolute atomic E-state index is 13.3. The van der Waals surface area contributed by atoms with Gasteiger partial charge in [0.05, 0.1) is 79.5 Å². The lowest BCUT2D eigenvalue weighted by molar-refractivity contribution is -0.115. The second-order valence-electron chi connectivity index (χ2n) is 28.8. The van der Waals surface area contributed by atoms with Gasteiger partial charge in [0.2, 0.25) is 33.6 Å². The molecule has 0 aliphatic carbocycles. The Balaban J connectivity index is 0.000000131. The zero-order valence-corrected chi connectivity index (χ0v) is 78.9. The molecule has 0 bridgehead atoms. The van der Waals surface area contributed by atoms with Gasteiger partial charge in [0.15, 0.2) is 54.1 Å². The fourth-order valence-electron chi connectivity index (χ4n) is 12.2. The van der Waals surface area contributed by atoms with Crippen molar-refractivity contribution in [3.8, 4) is 28.4 Å². The third-order valence-corrected chi connectivity index (χ3v) is 24.4. The van der Waals surface area contributed by atoms with Crippen molar-refractivity contribution in [2.75, 3.05) is 40.7 Å². The first-order chi connectivity index (χ1) is 67.2. The number of rotatable bonds is 16. The van der Waals surface area contributed by atoms with Gasteiger partial charge in [-0.25, -0.2) is 70.3 Å². The molecule has 0 radical (unpaired) electrons. The van der Waals surface area contributed by atoms with Gasteiger partial charge in [0.25, 0.3) is 29.5 Å². The molecule has 140 heavy (non-hydrogen) atoms. The molecule has 32 nitrogen and oxygen atoms in total.